The van der Waals surface area contributed by atoms with Gasteiger partial charge in [0.1, 0.15) is 13.2 Å². The molecule has 1 amide bonds. The zero-order valence-corrected chi connectivity index (χ0v) is 6.53. The monoisotopic (exact) mass is 161 g/mol. The van der Waals surface area contributed by atoms with E-state index in [0.717, 1.165) is 4.90 Å². The highest BCUT2D eigenvalue weighted by atomic mass is 16.5. The third-order valence-corrected chi connectivity index (χ3v) is 1.07. The Bertz CT molecular complexity index is 157. The molecule has 0 heterocycles. The normalized spacial score (nSPS) is 9.27. The van der Waals surface area contributed by atoms with Crippen LogP contribution in [0.3, 0.4) is 0 Å². The fraction of sp³-hybridized carbons (Fsp3) is 0.667. The lowest BCUT2D eigenvalue weighted by molar-refractivity contribution is -0.144. The zero-order valence-electron chi connectivity index (χ0n) is 6.53. The number of likely N-dealkylation sites (N-methyl/N-ethyl adjacent to an activating group) is 1. The predicted molar refractivity (Wildman–Crippen MR) is 37.1 cm³/mol. The van der Waals surface area contributed by atoms with E-state index in [1.807, 2.05) is 0 Å². The van der Waals surface area contributed by atoms with Crippen molar-refractivity contribution in [3.8, 4) is 0 Å². The summed E-state index contributed by atoms with van der Waals surface area (Å²) in [7, 11) is 2.79. The first kappa shape index (κ1) is 9.90. The molecule has 0 spiro atoms. The summed E-state index contributed by atoms with van der Waals surface area (Å²) in [6.45, 7) is -0.369. The highest BCUT2D eigenvalue weighted by molar-refractivity contribution is 5.81. The van der Waals surface area contributed by atoms with Crippen LogP contribution >= 0.6 is 0 Å². The topological polar surface area (TPSA) is 66.8 Å². The number of carboxylic acid groups (broad SMARTS) is 1. The van der Waals surface area contributed by atoms with Crippen LogP contribution in [0.1, 0.15) is 0 Å². The first-order valence-corrected chi connectivity index (χ1v) is 3.02. The number of nitrogens with zero attached hydrogens (tertiary/aromatic N) is 1. The summed E-state index contributed by atoms with van der Waals surface area (Å²) in [4.78, 5) is 22.0. The summed E-state index contributed by atoms with van der Waals surface area (Å²) < 4.78 is 4.52. The van der Waals surface area contributed by atoms with Crippen LogP contribution in [0, 0.1) is 0 Å². The molecule has 0 aromatic carbocycles. The second-order valence-corrected chi connectivity index (χ2v) is 2.08. The number of rotatable bonds is 4. The van der Waals surface area contributed by atoms with Crippen molar-refractivity contribution in [2.24, 2.45) is 0 Å². The van der Waals surface area contributed by atoms with Crippen LogP contribution in [0.15, 0.2) is 0 Å². The largest absolute Gasteiger partial charge is 0.480 e. The van der Waals surface area contributed by atoms with E-state index in [1.165, 1.54) is 14.2 Å². The molecule has 0 aromatic heterocycles. The summed E-state index contributed by atoms with van der Waals surface area (Å²) >= 11 is 0. The number of aliphatic carboxylic acids is 1. The number of methoxy groups -OCH3 is 1. The standard InChI is InChI=1S/C6H11NO4/c1-7(3-6(9)10)5(8)4-11-2/h3-4H2,1-2H3,(H,9,10). The van der Waals surface area contributed by atoms with Crippen LogP contribution in [0.2, 0.25) is 0 Å². The molecule has 1 N–H and O–H groups in total. The highest BCUT2D eigenvalue weighted by Gasteiger charge is 2.10. The van der Waals surface area contributed by atoms with Gasteiger partial charge in [-0.2, -0.15) is 0 Å². The lowest BCUT2D eigenvalue weighted by Gasteiger charge is -2.12. The Hall–Kier alpha value is -1.10. The molecule has 11 heavy (non-hydrogen) atoms. The Kier molecular flexibility index (Phi) is 4.21. The fourth-order valence-corrected chi connectivity index (χ4v) is 0.525. The Labute approximate surface area is 64.6 Å². The molecule has 0 fully saturated rings. The number of hydrogen-bond acceptors (Lipinski definition) is 3. The second-order valence-electron chi connectivity index (χ2n) is 2.08. The SMILES string of the molecule is COCC(=O)N(C)CC(=O)O. The van der Waals surface area contributed by atoms with Gasteiger partial charge in [0, 0.05) is 14.2 Å². The molecule has 0 bridgehead atoms. The summed E-state index contributed by atoms with van der Waals surface area (Å²) in [6, 6.07) is 0. The number of carbonyl (C=O) groups excluding carboxylic acids is 1. The third kappa shape index (κ3) is 4.32. The van der Waals surface area contributed by atoms with Gasteiger partial charge in [0.2, 0.25) is 5.91 Å². The number of amides is 1. The molecule has 0 radical (unpaired) electrons. The van der Waals surface area contributed by atoms with Gasteiger partial charge in [-0.3, -0.25) is 9.59 Å². The molecule has 64 valence electrons. The maximum Gasteiger partial charge on any atom is 0.323 e. The van der Waals surface area contributed by atoms with Gasteiger partial charge in [0.25, 0.3) is 0 Å². The van der Waals surface area contributed by atoms with E-state index in [9.17, 15) is 9.59 Å². The van der Waals surface area contributed by atoms with Crippen LogP contribution in [-0.4, -0.2) is 49.2 Å². The molecular weight excluding hydrogens is 150 g/mol. The van der Waals surface area contributed by atoms with E-state index in [-0.39, 0.29) is 19.1 Å². The van der Waals surface area contributed by atoms with Gasteiger partial charge >= 0.3 is 5.97 Å². The fourth-order valence-electron chi connectivity index (χ4n) is 0.525. The van der Waals surface area contributed by atoms with Crippen LogP contribution in [0.4, 0.5) is 0 Å². The molecule has 0 aliphatic carbocycles. The number of ether oxygens (including phenoxy) is 1. The van der Waals surface area contributed by atoms with Gasteiger partial charge < -0.3 is 14.7 Å². The van der Waals surface area contributed by atoms with Crippen molar-refractivity contribution in [1.82, 2.24) is 4.90 Å². The van der Waals surface area contributed by atoms with Gasteiger partial charge in [-0.25, -0.2) is 0 Å². The Morgan fingerprint density at radius 1 is 1.55 bits per heavy atom. The summed E-state index contributed by atoms with van der Waals surface area (Å²) in [6.07, 6.45) is 0. The van der Waals surface area contributed by atoms with E-state index in [0.29, 0.717) is 0 Å². The summed E-state index contributed by atoms with van der Waals surface area (Å²) in [5, 5.41) is 8.27. The maximum absolute atomic E-state index is 10.8. The van der Waals surface area contributed by atoms with Gasteiger partial charge in [0.15, 0.2) is 0 Å². The van der Waals surface area contributed by atoms with Crippen molar-refractivity contribution in [3.05, 3.63) is 0 Å². The van der Waals surface area contributed by atoms with E-state index in [2.05, 4.69) is 4.74 Å². The molecule has 5 nitrogen and oxygen atoms in total. The molecule has 0 atom stereocenters. The van der Waals surface area contributed by atoms with Crippen molar-refractivity contribution in [2.75, 3.05) is 27.3 Å². The van der Waals surface area contributed by atoms with Crippen molar-refractivity contribution < 1.29 is 19.4 Å². The Morgan fingerprint density at radius 3 is 2.45 bits per heavy atom. The quantitative estimate of drug-likeness (QED) is 0.584. The van der Waals surface area contributed by atoms with Crippen LogP contribution in [0.25, 0.3) is 0 Å². The minimum Gasteiger partial charge on any atom is -0.480 e. The zero-order chi connectivity index (χ0) is 8.85. The first-order chi connectivity index (χ1) is 5.07. The lowest BCUT2D eigenvalue weighted by atomic mass is 10.5. The molecule has 0 unspecified atom stereocenters. The van der Waals surface area contributed by atoms with Crippen molar-refractivity contribution in [2.45, 2.75) is 0 Å². The van der Waals surface area contributed by atoms with Crippen LogP contribution < -0.4 is 0 Å². The number of carboxylic acids is 1. The van der Waals surface area contributed by atoms with Crippen LogP contribution in [0.5, 0.6) is 0 Å². The predicted octanol–water partition coefficient (Wildman–Crippen LogP) is -0.824. The Morgan fingerprint density at radius 2 is 2.09 bits per heavy atom. The number of carbonyl (C=O) groups is 2. The molecule has 0 aliphatic heterocycles. The molecule has 0 rings (SSSR count). The molecule has 0 aliphatic rings. The first-order valence-electron chi connectivity index (χ1n) is 3.02. The van der Waals surface area contributed by atoms with E-state index >= 15 is 0 Å². The van der Waals surface area contributed by atoms with E-state index < -0.39 is 5.97 Å². The minimum atomic E-state index is -1.03. The van der Waals surface area contributed by atoms with Crippen molar-refractivity contribution in [1.29, 1.82) is 0 Å². The van der Waals surface area contributed by atoms with Gasteiger partial charge in [-0.1, -0.05) is 0 Å². The highest BCUT2D eigenvalue weighted by Crippen LogP contribution is 1.84. The minimum absolute atomic E-state index is 0.0796. The molecular formula is C6H11NO4. The average Bonchev–Trinajstić information content (AvgIpc) is 1.86. The lowest BCUT2D eigenvalue weighted by Crippen LogP contribution is -2.34. The number of hydrogen-bond donors (Lipinski definition) is 1. The van der Waals surface area contributed by atoms with Crippen molar-refractivity contribution in [3.63, 3.8) is 0 Å². The average molecular weight is 161 g/mol. The Balaban J connectivity index is 3.73. The second kappa shape index (κ2) is 4.68. The smallest absolute Gasteiger partial charge is 0.323 e. The summed E-state index contributed by atoms with van der Waals surface area (Å²) in [5.41, 5.74) is 0. The molecule has 5 heteroatoms. The van der Waals surface area contributed by atoms with E-state index in [1.54, 1.807) is 0 Å². The maximum atomic E-state index is 10.8. The van der Waals surface area contributed by atoms with Gasteiger partial charge in [0.05, 0.1) is 0 Å². The van der Waals surface area contributed by atoms with Gasteiger partial charge in [-0.05, 0) is 0 Å². The third-order valence-electron chi connectivity index (χ3n) is 1.07. The van der Waals surface area contributed by atoms with Crippen LogP contribution in [-0.2, 0) is 14.3 Å². The van der Waals surface area contributed by atoms with Gasteiger partial charge in [-0.15, -0.1) is 0 Å². The van der Waals surface area contributed by atoms with Crippen molar-refractivity contribution >= 4 is 11.9 Å². The molecule has 0 saturated carbocycles. The summed E-state index contributed by atoms with van der Waals surface area (Å²) in [5.74, 6) is -1.37. The molecule has 0 aromatic rings. The van der Waals surface area contributed by atoms with E-state index in [4.69, 9.17) is 5.11 Å². The molecule has 0 saturated heterocycles.